The normalized spacial score (nSPS) is 16.1. The number of benzene rings is 2. The van der Waals surface area contributed by atoms with Crippen LogP contribution in [0.1, 0.15) is 32.4 Å². The van der Waals surface area contributed by atoms with Crippen molar-refractivity contribution < 1.29 is 14.4 Å². The van der Waals surface area contributed by atoms with Gasteiger partial charge in [0.05, 0.1) is 0 Å². The lowest BCUT2D eigenvalue weighted by Crippen LogP contribution is -2.45. The highest BCUT2D eigenvalue weighted by atomic mass is 16.2. The Kier molecular flexibility index (Phi) is 4.17. The molecule has 1 atom stereocenters. The molecule has 1 heterocycles. The van der Waals surface area contributed by atoms with Crippen molar-refractivity contribution in [2.75, 3.05) is 5.32 Å². The third-order valence-electron chi connectivity index (χ3n) is 4.73. The van der Waals surface area contributed by atoms with E-state index in [1.807, 2.05) is 48.5 Å². The number of hydrogen-bond donors (Lipinski definition) is 2. The fraction of sp³-hybridized carbons (Fsp3) is 0.250. The first kappa shape index (κ1) is 16.9. The van der Waals surface area contributed by atoms with Gasteiger partial charge in [-0.15, -0.1) is 0 Å². The van der Waals surface area contributed by atoms with Gasteiger partial charge in [-0.2, -0.15) is 0 Å². The number of Topliss-reactive ketones (excluding diaryl/α,β-unsaturated/α-hetero) is 1. The van der Waals surface area contributed by atoms with Crippen LogP contribution in [-0.4, -0.2) is 17.6 Å². The number of anilines is 1. The minimum atomic E-state index is -1.20. The summed E-state index contributed by atoms with van der Waals surface area (Å²) < 4.78 is 0. The number of carbonyl (C=O) groups is 3. The Hall–Kier alpha value is -2.95. The van der Waals surface area contributed by atoms with Crippen LogP contribution in [0.15, 0.2) is 48.5 Å². The molecule has 128 valence electrons. The van der Waals surface area contributed by atoms with Gasteiger partial charge >= 0.3 is 0 Å². The van der Waals surface area contributed by atoms with Crippen LogP contribution in [-0.2, 0) is 14.4 Å². The van der Waals surface area contributed by atoms with E-state index in [1.54, 1.807) is 13.8 Å². The molecule has 0 bridgehead atoms. The maximum absolute atomic E-state index is 12.8. The lowest BCUT2D eigenvalue weighted by molar-refractivity contribution is -0.140. The van der Waals surface area contributed by atoms with E-state index in [0.29, 0.717) is 11.3 Å². The summed E-state index contributed by atoms with van der Waals surface area (Å²) >= 11 is 0. The molecular weight excluding hydrogens is 316 g/mol. The molecule has 0 fully saturated rings. The molecule has 0 saturated carbocycles. The zero-order valence-electron chi connectivity index (χ0n) is 14.4. The molecular formula is C20H20N2O3. The van der Waals surface area contributed by atoms with Gasteiger partial charge in [0.25, 0.3) is 5.91 Å². The second kappa shape index (κ2) is 6.16. The average molecular weight is 336 g/mol. The van der Waals surface area contributed by atoms with Gasteiger partial charge in [0.15, 0.2) is 0 Å². The summed E-state index contributed by atoms with van der Waals surface area (Å²) in [5.74, 6) is -1.05. The van der Waals surface area contributed by atoms with Crippen molar-refractivity contribution in [3.8, 4) is 11.1 Å². The monoisotopic (exact) mass is 336 g/mol. The maximum atomic E-state index is 12.8. The molecule has 0 spiro atoms. The highest BCUT2D eigenvalue weighted by Gasteiger charge is 2.37. The zero-order chi connectivity index (χ0) is 18.2. The molecule has 25 heavy (non-hydrogen) atoms. The Morgan fingerprint density at radius 3 is 2.28 bits per heavy atom. The van der Waals surface area contributed by atoms with Crippen LogP contribution in [0.3, 0.4) is 0 Å². The molecule has 0 aromatic heterocycles. The Morgan fingerprint density at radius 2 is 1.60 bits per heavy atom. The molecule has 0 unspecified atom stereocenters. The Morgan fingerprint density at radius 1 is 1.00 bits per heavy atom. The van der Waals surface area contributed by atoms with Crippen LogP contribution < -0.4 is 10.6 Å². The van der Waals surface area contributed by atoms with E-state index in [1.165, 1.54) is 6.92 Å². The maximum Gasteiger partial charge on any atom is 0.251 e. The average Bonchev–Trinajstić information content (AvgIpc) is 2.70. The minimum Gasteiger partial charge on any atom is -0.340 e. The zero-order valence-corrected chi connectivity index (χ0v) is 14.4. The summed E-state index contributed by atoms with van der Waals surface area (Å²) in [5.41, 5.74) is 1.98. The Balaban J connectivity index is 2.06. The van der Waals surface area contributed by atoms with E-state index in [4.69, 9.17) is 0 Å². The first-order valence-corrected chi connectivity index (χ1v) is 8.13. The SMILES string of the molecule is CC(=O)C(C)(C)C(=O)N[C@@H]1C(=O)Nc2ccccc2-c2ccccc21. The minimum absolute atomic E-state index is 0.254. The Labute approximate surface area is 146 Å². The topological polar surface area (TPSA) is 75.3 Å². The molecule has 0 radical (unpaired) electrons. The Bertz CT molecular complexity index is 871. The van der Waals surface area contributed by atoms with Gasteiger partial charge in [0, 0.05) is 11.3 Å². The largest absolute Gasteiger partial charge is 0.340 e. The van der Waals surface area contributed by atoms with Crippen molar-refractivity contribution in [2.24, 2.45) is 5.41 Å². The van der Waals surface area contributed by atoms with Gasteiger partial charge in [0.2, 0.25) is 5.91 Å². The van der Waals surface area contributed by atoms with Crippen LogP contribution in [0.25, 0.3) is 11.1 Å². The standard InChI is InChI=1S/C20H20N2O3/c1-12(23)20(2,3)19(25)22-17-15-10-5-4-8-13(15)14-9-6-7-11-16(14)21-18(17)24/h4-11,17H,1-3H3,(H,21,24)(H,22,25)/t17-/m0/s1. The number of carbonyl (C=O) groups excluding carboxylic acids is 3. The summed E-state index contributed by atoms with van der Waals surface area (Å²) in [6, 6.07) is 14.1. The predicted molar refractivity (Wildman–Crippen MR) is 95.9 cm³/mol. The second-order valence-electron chi connectivity index (χ2n) is 6.71. The van der Waals surface area contributed by atoms with Gasteiger partial charge in [-0.3, -0.25) is 14.4 Å². The number of hydrogen-bond acceptors (Lipinski definition) is 3. The second-order valence-corrected chi connectivity index (χ2v) is 6.71. The number of fused-ring (bicyclic) bond motifs is 3. The highest BCUT2D eigenvalue weighted by Crippen LogP contribution is 2.37. The summed E-state index contributed by atoms with van der Waals surface area (Å²) in [6.07, 6.45) is 0. The molecule has 5 nitrogen and oxygen atoms in total. The fourth-order valence-corrected chi connectivity index (χ4v) is 2.78. The molecule has 1 aliphatic heterocycles. The van der Waals surface area contributed by atoms with Gasteiger partial charge in [-0.1, -0.05) is 42.5 Å². The third kappa shape index (κ3) is 2.93. The third-order valence-corrected chi connectivity index (χ3v) is 4.73. The summed E-state index contributed by atoms with van der Waals surface area (Å²) in [5, 5.41) is 5.62. The molecule has 3 rings (SSSR count). The number of nitrogens with one attached hydrogen (secondary N) is 2. The van der Waals surface area contributed by atoms with Crippen LogP contribution in [0.4, 0.5) is 5.69 Å². The lowest BCUT2D eigenvalue weighted by atomic mass is 9.87. The van der Waals surface area contributed by atoms with Crippen molar-refractivity contribution in [1.29, 1.82) is 0 Å². The van der Waals surface area contributed by atoms with Crippen molar-refractivity contribution in [3.63, 3.8) is 0 Å². The first-order chi connectivity index (χ1) is 11.8. The highest BCUT2D eigenvalue weighted by molar-refractivity contribution is 6.08. The van der Waals surface area contributed by atoms with Crippen molar-refractivity contribution in [1.82, 2.24) is 5.32 Å². The van der Waals surface area contributed by atoms with E-state index in [2.05, 4.69) is 10.6 Å². The molecule has 2 amide bonds. The number of ketones is 1. The van der Waals surface area contributed by atoms with E-state index in [9.17, 15) is 14.4 Å². The van der Waals surface area contributed by atoms with Crippen LogP contribution >= 0.6 is 0 Å². The fourth-order valence-electron chi connectivity index (χ4n) is 2.78. The molecule has 0 saturated heterocycles. The van der Waals surface area contributed by atoms with Crippen LogP contribution in [0.5, 0.6) is 0 Å². The quantitative estimate of drug-likeness (QED) is 0.846. The van der Waals surface area contributed by atoms with Crippen molar-refractivity contribution in [2.45, 2.75) is 26.8 Å². The molecule has 0 aliphatic carbocycles. The summed E-state index contributed by atoms with van der Waals surface area (Å²) in [6.45, 7) is 4.48. The lowest BCUT2D eigenvalue weighted by Gasteiger charge is -2.25. The molecule has 5 heteroatoms. The predicted octanol–water partition coefficient (Wildman–Crippen LogP) is 3.08. The van der Waals surface area contributed by atoms with Gasteiger partial charge < -0.3 is 10.6 Å². The molecule has 2 N–H and O–H groups in total. The van der Waals surface area contributed by atoms with Gasteiger partial charge in [-0.05, 0) is 38.0 Å². The van der Waals surface area contributed by atoms with Crippen molar-refractivity contribution >= 4 is 23.3 Å². The van der Waals surface area contributed by atoms with Crippen molar-refractivity contribution in [3.05, 3.63) is 54.1 Å². The van der Waals surface area contributed by atoms with E-state index in [0.717, 1.165) is 11.1 Å². The van der Waals surface area contributed by atoms with E-state index in [-0.39, 0.29) is 11.7 Å². The molecule has 2 aromatic rings. The molecule has 1 aliphatic rings. The van der Waals surface area contributed by atoms with E-state index >= 15 is 0 Å². The number of amides is 2. The van der Waals surface area contributed by atoms with Crippen LogP contribution in [0.2, 0.25) is 0 Å². The number of para-hydroxylation sites is 1. The number of rotatable bonds is 3. The van der Waals surface area contributed by atoms with E-state index < -0.39 is 17.4 Å². The molecule has 2 aromatic carbocycles. The smallest absolute Gasteiger partial charge is 0.251 e. The summed E-state index contributed by atoms with van der Waals surface area (Å²) in [7, 11) is 0. The van der Waals surface area contributed by atoms with Gasteiger partial charge in [-0.25, -0.2) is 0 Å². The van der Waals surface area contributed by atoms with Crippen LogP contribution in [0, 0.1) is 5.41 Å². The summed E-state index contributed by atoms with van der Waals surface area (Å²) in [4.78, 5) is 37.1. The first-order valence-electron chi connectivity index (χ1n) is 8.13. The van der Waals surface area contributed by atoms with Gasteiger partial charge in [0.1, 0.15) is 17.2 Å².